The van der Waals surface area contributed by atoms with Gasteiger partial charge in [-0.1, -0.05) is 12.1 Å². The molecule has 0 spiro atoms. The molecule has 2 heterocycles. The maximum absolute atomic E-state index is 13.1. The van der Waals surface area contributed by atoms with Gasteiger partial charge in [-0.25, -0.2) is 4.98 Å². The fraction of sp³-hybridized carbons (Fsp3) is 0.455. The minimum Gasteiger partial charge on any atom is -0.497 e. The number of rotatable bonds is 6. The Kier molecular flexibility index (Phi) is 4.69. The maximum Gasteiger partial charge on any atom is 0.262 e. The molecule has 1 fully saturated rings. The molecule has 0 amide bonds. The van der Waals surface area contributed by atoms with Crippen LogP contribution in [0.4, 0.5) is 0 Å². The zero-order valence-corrected chi connectivity index (χ0v) is 16.9. The van der Waals surface area contributed by atoms with Gasteiger partial charge in [-0.3, -0.25) is 9.36 Å². The van der Waals surface area contributed by atoms with Gasteiger partial charge in [0, 0.05) is 23.5 Å². The normalized spacial score (nSPS) is 19.0. The summed E-state index contributed by atoms with van der Waals surface area (Å²) in [4.78, 5) is 20.0. The van der Waals surface area contributed by atoms with E-state index in [1.165, 1.54) is 28.8 Å². The molecule has 3 aromatic rings. The van der Waals surface area contributed by atoms with Gasteiger partial charge >= 0.3 is 0 Å². The Bertz CT molecular complexity index is 1050. The Morgan fingerprint density at radius 1 is 1.21 bits per heavy atom. The van der Waals surface area contributed by atoms with Crippen LogP contribution in [-0.2, 0) is 25.8 Å². The van der Waals surface area contributed by atoms with Gasteiger partial charge in [-0.15, -0.1) is 11.3 Å². The lowest BCUT2D eigenvalue weighted by molar-refractivity contribution is 0.414. The lowest BCUT2D eigenvalue weighted by Gasteiger charge is -2.23. The Hall–Kier alpha value is -2.18. The minimum absolute atomic E-state index is 0.115. The van der Waals surface area contributed by atoms with Crippen molar-refractivity contribution in [3.63, 3.8) is 0 Å². The third kappa shape index (κ3) is 3.47. The highest BCUT2D eigenvalue weighted by Crippen LogP contribution is 2.34. The summed E-state index contributed by atoms with van der Waals surface area (Å²) in [6, 6.07) is 9.31. The van der Waals surface area contributed by atoms with Crippen molar-refractivity contribution >= 4 is 21.6 Å². The Morgan fingerprint density at radius 3 is 2.79 bits per heavy atom. The summed E-state index contributed by atoms with van der Waals surface area (Å²) < 4.78 is 6.98. The highest BCUT2D eigenvalue weighted by atomic mass is 32.1. The van der Waals surface area contributed by atoms with E-state index in [0.717, 1.165) is 47.7 Å². The van der Waals surface area contributed by atoms with Crippen LogP contribution in [-0.4, -0.2) is 28.7 Å². The first-order valence-corrected chi connectivity index (χ1v) is 10.9. The largest absolute Gasteiger partial charge is 0.497 e. The van der Waals surface area contributed by atoms with Crippen LogP contribution in [0.3, 0.4) is 0 Å². The molecule has 1 N–H and O–H groups in total. The molecule has 2 aliphatic rings. The Balaban J connectivity index is 1.37. The fourth-order valence-electron chi connectivity index (χ4n) is 4.13. The van der Waals surface area contributed by atoms with E-state index >= 15 is 0 Å². The van der Waals surface area contributed by atoms with E-state index in [1.54, 1.807) is 29.3 Å². The second-order valence-corrected chi connectivity index (χ2v) is 8.99. The number of nitrogens with zero attached hydrogens (tertiary/aromatic N) is 2. The van der Waals surface area contributed by atoms with Crippen molar-refractivity contribution in [2.24, 2.45) is 0 Å². The third-order valence-corrected chi connectivity index (χ3v) is 7.05. The highest BCUT2D eigenvalue weighted by molar-refractivity contribution is 7.18. The molecule has 0 unspecified atom stereocenters. The van der Waals surface area contributed by atoms with Gasteiger partial charge in [0.25, 0.3) is 5.56 Å². The van der Waals surface area contributed by atoms with Crippen LogP contribution in [0.25, 0.3) is 10.2 Å². The summed E-state index contributed by atoms with van der Waals surface area (Å²) in [5.74, 6) is 0.850. The van der Waals surface area contributed by atoms with Crippen LogP contribution in [0.15, 0.2) is 35.4 Å². The summed E-state index contributed by atoms with van der Waals surface area (Å²) in [5.41, 5.74) is 2.56. The zero-order valence-electron chi connectivity index (χ0n) is 16.1. The van der Waals surface area contributed by atoms with Crippen molar-refractivity contribution in [1.29, 1.82) is 0 Å². The summed E-state index contributed by atoms with van der Waals surface area (Å²) in [5, 5.41) is 4.61. The van der Waals surface area contributed by atoms with E-state index in [2.05, 4.69) is 22.4 Å². The molecular weight excluding hydrogens is 370 g/mol. The van der Waals surface area contributed by atoms with Crippen molar-refractivity contribution in [3.8, 4) is 5.75 Å². The topological polar surface area (TPSA) is 56.2 Å². The molecule has 5 rings (SSSR count). The molecule has 0 saturated heterocycles. The molecule has 2 aliphatic carbocycles. The molecule has 1 saturated carbocycles. The monoisotopic (exact) mass is 395 g/mol. The van der Waals surface area contributed by atoms with Gasteiger partial charge in [-0.2, -0.15) is 0 Å². The summed E-state index contributed by atoms with van der Waals surface area (Å²) in [6.45, 7) is 0.643. The fourth-order valence-corrected chi connectivity index (χ4v) is 5.39. The highest BCUT2D eigenvalue weighted by Gasteiger charge is 2.29. The number of nitrogens with one attached hydrogen (secondary N) is 1. The number of aromatic nitrogens is 2. The van der Waals surface area contributed by atoms with E-state index < -0.39 is 0 Å². The van der Waals surface area contributed by atoms with E-state index in [9.17, 15) is 4.79 Å². The lowest BCUT2D eigenvalue weighted by atomic mass is 9.93. The van der Waals surface area contributed by atoms with Crippen LogP contribution in [0.1, 0.15) is 35.3 Å². The molecule has 5 nitrogen and oxygen atoms in total. The number of benzene rings is 1. The predicted octanol–water partition coefficient (Wildman–Crippen LogP) is 3.32. The van der Waals surface area contributed by atoms with Crippen molar-refractivity contribution in [2.45, 2.75) is 57.2 Å². The average Bonchev–Trinajstić information content (AvgIpc) is 3.45. The number of hydrogen-bond donors (Lipinski definition) is 1. The third-order valence-electron chi connectivity index (χ3n) is 5.88. The predicted molar refractivity (Wildman–Crippen MR) is 113 cm³/mol. The standard InChI is InChI=1S/C22H25N3O2S/c1-27-17-7-2-14(3-8-17)10-11-25-13-23-21-20(22(25)26)18-9-6-16(12-19(18)28-21)24-15-4-5-15/h2-3,7-8,13,15-16,24H,4-6,9-12H2,1H3/t16-/m1/s1. The number of thiophene rings is 1. The lowest BCUT2D eigenvalue weighted by Crippen LogP contribution is -2.35. The number of ether oxygens (including phenoxy) is 1. The van der Waals surface area contributed by atoms with E-state index in [-0.39, 0.29) is 5.56 Å². The second-order valence-electron chi connectivity index (χ2n) is 7.91. The Labute approximate surface area is 168 Å². The van der Waals surface area contributed by atoms with Crippen molar-refractivity contribution in [3.05, 3.63) is 57.0 Å². The molecule has 1 atom stereocenters. The molecule has 0 radical (unpaired) electrons. The van der Waals surface area contributed by atoms with E-state index in [0.29, 0.717) is 12.6 Å². The molecule has 6 heteroatoms. The zero-order chi connectivity index (χ0) is 19.1. The van der Waals surface area contributed by atoms with Crippen molar-refractivity contribution < 1.29 is 4.74 Å². The molecule has 0 bridgehead atoms. The average molecular weight is 396 g/mol. The first-order valence-electron chi connectivity index (χ1n) is 10.1. The van der Waals surface area contributed by atoms with Crippen molar-refractivity contribution in [2.75, 3.05) is 7.11 Å². The van der Waals surface area contributed by atoms with Gasteiger partial charge < -0.3 is 10.1 Å². The van der Waals surface area contributed by atoms with Gasteiger partial charge in [0.05, 0.1) is 18.8 Å². The molecule has 0 aliphatic heterocycles. The van der Waals surface area contributed by atoms with Gasteiger partial charge in [0.1, 0.15) is 10.6 Å². The van der Waals surface area contributed by atoms with Crippen LogP contribution < -0.4 is 15.6 Å². The van der Waals surface area contributed by atoms with Crippen molar-refractivity contribution in [1.82, 2.24) is 14.9 Å². The van der Waals surface area contributed by atoms with Crippen LogP contribution in [0, 0.1) is 0 Å². The second kappa shape index (κ2) is 7.33. The first kappa shape index (κ1) is 17.9. The molecular formula is C22H25N3O2S. The number of fused-ring (bicyclic) bond motifs is 3. The summed E-state index contributed by atoms with van der Waals surface area (Å²) in [7, 11) is 1.67. The summed E-state index contributed by atoms with van der Waals surface area (Å²) >= 11 is 1.71. The Morgan fingerprint density at radius 2 is 2.04 bits per heavy atom. The van der Waals surface area contributed by atoms with Crippen LogP contribution in [0.2, 0.25) is 0 Å². The van der Waals surface area contributed by atoms with Gasteiger partial charge in [0.2, 0.25) is 0 Å². The molecule has 1 aromatic carbocycles. The smallest absolute Gasteiger partial charge is 0.262 e. The SMILES string of the molecule is COc1ccc(CCn2cnc3sc4c(c3c2=O)CC[C@@H](NC2CC2)C4)cc1. The van der Waals surface area contributed by atoms with E-state index in [1.807, 2.05) is 12.1 Å². The summed E-state index contributed by atoms with van der Waals surface area (Å²) in [6.07, 6.45) is 8.30. The molecule has 28 heavy (non-hydrogen) atoms. The minimum atomic E-state index is 0.115. The van der Waals surface area contributed by atoms with Crippen LogP contribution in [0.5, 0.6) is 5.75 Å². The van der Waals surface area contributed by atoms with Crippen LogP contribution >= 0.6 is 11.3 Å². The van der Waals surface area contributed by atoms with Gasteiger partial charge in [-0.05, 0) is 61.8 Å². The molecule has 2 aromatic heterocycles. The van der Waals surface area contributed by atoms with Gasteiger partial charge in [0.15, 0.2) is 0 Å². The maximum atomic E-state index is 13.1. The first-order chi connectivity index (χ1) is 13.7. The number of methoxy groups -OCH3 is 1. The number of aryl methyl sites for hydroxylation is 3. The quantitative estimate of drug-likeness (QED) is 0.696. The molecule has 146 valence electrons. The van der Waals surface area contributed by atoms with E-state index in [4.69, 9.17) is 4.74 Å². The number of hydrogen-bond acceptors (Lipinski definition) is 5.